The van der Waals surface area contributed by atoms with E-state index in [1.807, 2.05) is 32.9 Å². The van der Waals surface area contributed by atoms with E-state index in [2.05, 4.69) is 5.32 Å². The first-order valence-electron chi connectivity index (χ1n) is 7.28. The minimum atomic E-state index is -0.739. The summed E-state index contributed by atoms with van der Waals surface area (Å²) >= 11 is 5.71. The molecule has 0 aliphatic heterocycles. The molecule has 0 aliphatic carbocycles. The first-order valence-corrected chi connectivity index (χ1v) is 7.66. The molecule has 0 heterocycles. The normalized spacial score (nSPS) is 11.9. The van der Waals surface area contributed by atoms with E-state index in [0.29, 0.717) is 5.75 Å². The highest BCUT2D eigenvalue weighted by Gasteiger charge is 2.17. The van der Waals surface area contributed by atoms with Crippen LogP contribution in [0.2, 0.25) is 5.02 Å². The van der Waals surface area contributed by atoms with Gasteiger partial charge in [0.05, 0.1) is 5.02 Å². The maximum absolute atomic E-state index is 13.1. The van der Waals surface area contributed by atoms with Gasteiger partial charge in [-0.2, -0.15) is 0 Å². The molecule has 3 nitrogen and oxygen atoms in total. The van der Waals surface area contributed by atoms with Crippen molar-refractivity contribution in [2.45, 2.75) is 33.8 Å². The van der Waals surface area contributed by atoms with Crippen molar-refractivity contribution in [1.82, 2.24) is 0 Å². The third-order valence-corrected chi connectivity index (χ3v) is 3.79. The van der Waals surface area contributed by atoms with Gasteiger partial charge in [0.25, 0.3) is 5.91 Å². The molecule has 0 bridgehead atoms. The highest BCUT2D eigenvalue weighted by Crippen LogP contribution is 2.24. The van der Waals surface area contributed by atoms with Gasteiger partial charge in [-0.3, -0.25) is 4.79 Å². The second-order valence-electron chi connectivity index (χ2n) is 5.60. The first kappa shape index (κ1) is 17.3. The number of aryl methyl sites for hydroxylation is 3. The predicted molar refractivity (Wildman–Crippen MR) is 90.8 cm³/mol. The van der Waals surface area contributed by atoms with E-state index in [0.717, 1.165) is 22.4 Å². The van der Waals surface area contributed by atoms with Gasteiger partial charge in [0.15, 0.2) is 6.10 Å². The van der Waals surface area contributed by atoms with E-state index in [4.69, 9.17) is 16.3 Å². The number of rotatable bonds is 4. The van der Waals surface area contributed by atoms with Crippen LogP contribution in [-0.4, -0.2) is 12.0 Å². The van der Waals surface area contributed by atoms with Gasteiger partial charge in [0.2, 0.25) is 0 Å². The third kappa shape index (κ3) is 4.23. The summed E-state index contributed by atoms with van der Waals surface area (Å²) < 4.78 is 18.7. The molecule has 5 heteroatoms. The summed E-state index contributed by atoms with van der Waals surface area (Å²) in [7, 11) is 0. The van der Waals surface area contributed by atoms with Gasteiger partial charge in [-0.05, 0) is 51.0 Å². The molecule has 0 spiro atoms. The number of nitrogens with one attached hydrogen (secondary N) is 1. The van der Waals surface area contributed by atoms with Crippen LogP contribution in [-0.2, 0) is 4.79 Å². The summed E-state index contributed by atoms with van der Waals surface area (Å²) in [5.41, 5.74) is 3.91. The maximum atomic E-state index is 13.1. The van der Waals surface area contributed by atoms with Gasteiger partial charge in [0, 0.05) is 11.8 Å². The number of ether oxygens (including phenoxy) is 1. The fraction of sp³-hybridized carbons (Fsp3) is 0.278. The Labute approximate surface area is 140 Å². The van der Waals surface area contributed by atoms with Crippen LogP contribution < -0.4 is 10.1 Å². The Bertz CT molecular complexity index is 723. The molecule has 0 saturated carbocycles. The van der Waals surface area contributed by atoms with Gasteiger partial charge < -0.3 is 10.1 Å². The number of carbonyl (C=O) groups excluding carboxylic acids is 1. The Balaban J connectivity index is 2.10. The average Bonchev–Trinajstić information content (AvgIpc) is 2.46. The average molecular weight is 336 g/mol. The monoisotopic (exact) mass is 335 g/mol. The van der Waals surface area contributed by atoms with E-state index < -0.39 is 11.9 Å². The van der Waals surface area contributed by atoms with Crippen LogP contribution in [0.1, 0.15) is 23.6 Å². The summed E-state index contributed by atoms with van der Waals surface area (Å²) in [6.07, 6.45) is -0.739. The summed E-state index contributed by atoms with van der Waals surface area (Å²) in [4.78, 5) is 12.3. The quantitative estimate of drug-likeness (QED) is 0.870. The van der Waals surface area contributed by atoms with Crippen molar-refractivity contribution in [1.29, 1.82) is 0 Å². The summed E-state index contributed by atoms with van der Waals surface area (Å²) in [6, 6.07) is 8.01. The third-order valence-electron chi connectivity index (χ3n) is 3.50. The minimum Gasteiger partial charge on any atom is -0.481 e. The van der Waals surface area contributed by atoms with Crippen molar-refractivity contribution in [3.05, 3.63) is 57.9 Å². The number of anilines is 1. The number of carbonyl (C=O) groups is 1. The largest absolute Gasteiger partial charge is 0.481 e. The lowest BCUT2D eigenvalue weighted by Gasteiger charge is -2.17. The Morgan fingerprint density at radius 1 is 1.17 bits per heavy atom. The summed E-state index contributed by atoms with van der Waals surface area (Å²) in [5, 5.41) is 2.84. The van der Waals surface area contributed by atoms with E-state index in [1.165, 1.54) is 18.2 Å². The minimum absolute atomic E-state index is 0.0414. The van der Waals surface area contributed by atoms with Crippen LogP contribution in [0.5, 0.6) is 5.75 Å². The lowest BCUT2D eigenvalue weighted by molar-refractivity contribution is -0.122. The molecule has 0 unspecified atom stereocenters. The van der Waals surface area contributed by atoms with Crippen LogP contribution in [0.15, 0.2) is 30.3 Å². The molecule has 0 aromatic heterocycles. The van der Waals surface area contributed by atoms with E-state index in [1.54, 1.807) is 6.92 Å². The van der Waals surface area contributed by atoms with Gasteiger partial charge in [-0.1, -0.05) is 29.3 Å². The molecule has 0 fully saturated rings. The molecule has 1 amide bonds. The molecule has 2 aromatic rings. The standard InChI is InChI=1S/C18H19ClFNO2/c1-10-7-11(2)17(12(3)8-10)21-18(22)13(4)23-14-5-6-16(20)15(19)9-14/h5-9,13H,1-4H3,(H,21,22)/t13-/m0/s1. The molecule has 23 heavy (non-hydrogen) atoms. The number of hydrogen-bond donors (Lipinski definition) is 1. The SMILES string of the molecule is Cc1cc(C)c(NC(=O)[C@H](C)Oc2ccc(F)c(Cl)c2)c(C)c1. The van der Waals surface area contributed by atoms with Crippen molar-refractivity contribution in [3.63, 3.8) is 0 Å². The number of amides is 1. The van der Waals surface area contributed by atoms with Crippen molar-refractivity contribution in [2.75, 3.05) is 5.32 Å². The first-order chi connectivity index (χ1) is 10.8. The van der Waals surface area contributed by atoms with Crippen LogP contribution in [0.4, 0.5) is 10.1 Å². The Morgan fingerprint density at radius 3 is 2.35 bits per heavy atom. The topological polar surface area (TPSA) is 38.3 Å². The van der Waals surface area contributed by atoms with Crippen LogP contribution in [0, 0.1) is 26.6 Å². The zero-order valence-electron chi connectivity index (χ0n) is 13.5. The molecular formula is C18H19ClFNO2. The predicted octanol–water partition coefficient (Wildman–Crippen LogP) is 4.81. The lowest BCUT2D eigenvalue weighted by Crippen LogP contribution is -2.30. The molecule has 122 valence electrons. The van der Waals surface area contributed by atoms with Crippen molar-refractivity contribution < 1.29 is 13.9 Å². The maximum Gasteiger partial charge on any atom is 0.265 e. The molecule has 1 N–H and O–H groups in total. The number of hydrogen-bond acceptors (Lipinski definition) is 2. The highest BCUT2D eigenvalue weighted by molar-refractivity contribution is 6.30. The second-order valence-corrected chi connectivity index (χ2v) is 6.01. The highest BCUT2D eigenvalue weighted by atomic mass is 35.5. The molecule has 0 saturated heterocycles. The molecular weight excluding hydrogens is 317 g/mol. The molecule has 2 rings (SSSR count). The Morgan fingerprint density at radius 2 is 1.78 bits per heavy atom. The van der Waals surface area contributed by atoms with Crippen molar-refractivity contribution in [2.24, 2.45) is 0 Å². The van der Waals surface area contributed by atoms with Gasteiger partial charge >= 0.3 is 0 Å². The Hall–Kier alpha value is -2.07. The van der Waals surface area contributed by atoms with Crippen LogP contribution >= 0.6 is 11.6 Å². The fourth-order valence-electron chi connectivity index (χ4n) is 2.41. The van der Waals surface area contributed by atoms with E-state index >= 15 is 0 Å². The number of benzene rings is 2. The van der Waals surface area contributed by atoms with Gasteiger partial charge in [0.1, 0.15) is 11.6 Å². The van der Waals surface area contributed by atoms with E-state index in [-0.39, 0.29) is 10.9 Å². The summed E-state index contributed by atoms with van der Waals surface area (Å²) in [6.45, 7) is 7.53. The van der Waals surface area contributed by atoms with E-state index in [9.17, 15) is 9.18 Å². The van der Waals surface area contributed by atoms with Crippen molar-refractivity contribution in [3.8, 4) is 5.75 Å². The Kier molecular flexibility index (Phi) is 5.26. The zero-order chi connectivity index (χ0) is 17.1. The fourth-order valence-corrected chi connectivity index (χ4v) is 2.58. The smallest absolute Gasteiger partial charge is 0.265 e. The molecule has 0 aliphatic rings. The number of halogens is 2. The van der Waals surface area contributed by atoms with Gasteiger partial charge in [-0.25, -0.2) is 4.39 Å². The lowest BCUT2D eigenvalue weighted by atomic mass is 10.0. The second kappa shape index (κ2) is 7.01. The van der Waals surface area contributed by atoms with Crippen LogP contribution in [0.3, 0.4) is 0 Å². The van der Waals surface area contributed by atoms with Gasteiger partial charge in [-0.15, -0.1) is 0 Å². The molecule has 0 radical (unpaired) electrons. The molecule has 2 aromatic carbocycles. The summed E-state index contributed by atoms with van der Waals surface area (Å²) in [5.74, 6) is -0.459. The van der Waals surface area contributed by atoms with Crippen LogP contribution in [0.25, 0.3) is 0 Å². The zero-order valence-corrected chi connectivity index (χ0v) is 14.3. The van der Waals surface area contributed by atoms with Crippen molar-refractivity contribution >= 4 is 23.2 Å². The molecule has 1 atom stereocenters.